The van der Waals surface area contributed by atoms with Crippen LogP contribution in [-0.4, -0.2) is 10.9 Å². The van der Waals surface area contributed by atoms with Crippen LogP contribution in [0, 0.1) is 11.6 Å². The SMILES string of the molecule is O=C(Nc1nccc2c(C3CC3)cccc12)c1ccc(F)cc1F. The standard InChI is InChI=1S/C19H14F2N2O/c20-12-6-7-16(17(21)10-12)19(24)23-18-15-3-1-2-13(11-4-5-11)14(15)8-9-22-18/h1-3,6-11H,4-5H2,(H,22,23,24). The Labute approximate surface area is 137 Å². The summed E-state index contributed by atoms with van der Waals surface area (Å²) < 4.78 is 26.8. The molecule has 0 bridgehead atoms. The third kappa shape index (κ3) is 2.62. The van der Waals surface area contributed by atoms with Crippen LogP contribution >= 0.6 is 0 Å². The van der Waals surface area contributed by atoms with Crippen molar-refractivity contribution in [2.75, 3.05) is 5.32 Å². The lowest BCUT2D eigenvalue weighted by atomic mass is 10.0. The third-order valence-corrected chi connectivity index (χ3v) is 4.26. The Morgan fingerprint density at radius 3 is 2.67 bits per heavy atom. The van der Waals surface area contributed by atoms with Crippen molar-refractivity contribution in [3.05, 3.63) is 71.4 Å². The molecule has 3 nitrogen and oxygen atoms in total. The van der Waals surface area contributed by atoms with Gasteiger partial charge in [0.25, 0.3) is 5.91 Å². The number of amides is 1. The second-order valence-electron chi connectivity index (χ2n) is 5.95. The van der Waals surface area contributed by atoms with Gasteiger partial charge in [-0.05, 0) is 47.9 Å². The summed E-state index contributed by atoms with van der Waals surface area (Å²) in [5, 5.41) is 4.50. The fourth-order valence-electron chi connectivity index (χ4n) is 2.93. The molecule has 0 spiro atoms. The molecule has 0 saturated heterocycles. The van der Waals surface area contributed by atoms with E-state index < -0.39 is 17.5 Å². The van der Waals surface area contributed by atoms with Gasteiger partial charge in [-0.3, -0.25) is 4.79 Å². The van der Waals surface area contributed by atoms with Crippen LogP contribution in [0.5, 0.6) is 0 Å². The maximum absolute atomic E-state index is 13.8. The van der Waals surface area contributed by atoms with E-state index in [2.05, 4.69) is 16.4 Å². The van der Waals surface area contributed by atoms with Gasteiger partial charge in [0.2, 0.25) is 0 Å². The van der Waals surface area contributed by atoms with Gasteiger partial charge in [-0.25, -0.2) is 13.8 Å². The lowest BCUT2D eigenvalue weighted by Gasteiger charge is -2.11. The van der Waals surface area contributed by atoms with Crippen molar-refractivity contribution in [2.45, 2.75) is 18.8 Å². The molecule has 1 heterocycles. The predicted molar refractivity (Wildman–Crippen MR) is 88.0 cm³/mol. The molecule has 1 amide bonds. The van der Waals surface area contributed by atoms with E-state index in [0.717, 1.165) is 22.9 Å². The molecule has 1 fully saturated rings. The first-order valence-electron chi connectivity index (χ1n) is 7.77. The van der Waals surface area contributed by atoms with E-state index in [1.165, 1.54) is 18.4 Å². The minimum atomic E-state index is -0.897. The molecule has 0 atom stereocenters. The highest BCUT2D eigenvalue weighted by molar-refractivity contribution is 6.08. The molecule has 2 aromatic carbocycles. The summed E-state index contributed by atoms with van der Waals surface area (Å²) in [6, 6.07) is 10.7. The fraction of sp³-hybridized carbons (Fsp3) is 0.158. The zero-order chi connectivity index (χ0) is 16.7. The third-order valence-electron chi connectivity index (χ3n) is 4.26. The maximum atomic E-state index is 13.8. The van der Waals surface area contributed by atoms with Crippen LogP contribution in [0.1, 0.15) is 34.7 Å². The van der Waals surface area contributed by atoms with Gasteiger partial charge in [0.15, 0.2) is 0 Å². The van der Waals surface area contributed by atoms with Crippen LogP contribution in [-0.2, 0) is 0 Å². The first-order chi connectivity index (χ1) is 11.6. The van der Waals surface area contributed by atoms with Gasteiger partial charge in [0, 0.05) is 17.6 Å². The molecular weight excluding hydrogens is 310 g/mol. The van der Waals surface area contributed by atoms with Crippen molar-refractivity contribution in [1.29, 1.82) is 0 Å². The smallest absolute Gasteiger partial charge is 0.259 e. The first-order valence-corrected chi connectivity index (χ1v) is 7.77. The number of rotatable bonds is 3. The lowest BCUT2D eigenvalue weighted by molar-refractivity contribution is 0.102. The van der Waals surface area contributed by atoms with Gasteiger partial charge in [0.1, 0.15) is 17.5 Å². The van der Waals surface area contributed by atoms with Crippen LogP contribution in [0.4, 0.5) is 14.6 Å². The normalized spacial score (nSPS) is 13.9. The van der Waals surface area contributed by atoms with Crippen LogP contribution in [0.2, 0.25) is 0 Å². The molecule has 0 aliphatic heterocycles. The number of hydrogen-bond acceptors (Lipinski definition) is 2. The zero-order valence-corrected chi connectivity index (χ0v) is 12.7. The second-order valence-corrected chi connectivity index (χ2v) is 5.95. The number of carbonyl (C=O) groups is 1. The number of nitrogens with zero attached hydrogens (tertiary/aromatic N) is 1. The van der Waals surface area contributed by atoms with Crippen molar-refractivity contribution in [1.82, 2.24) is 4.98 Å². The molecule has 1 aliphatic rings. The van der Waals surface area contributed by atoms with E-state index in [9.17, 15) is 13.6 Å². The molecule has 120 valence electrons. The Morgan fingerprint density at radius 1 is 1.08 bits per heavy atom. The Hall–Kier alpha value is -2.82. The van der Waals surface area contributed by atoms with Crippen LogP contribution < -0.4 is 5.32 Å². The number of pyridine rings is 1. The van der Waals surface area contributed by atoms with Crippen molar-refractivity contribution in [3.63, 3.8) is 0 Å². The topological polar surface area (TPSA) is 42.0 Å². The number of carbonyl (C=O) groups excluding carboxylic acids is 1. The summed E-state index contributed by atoms with van der Waals surface area (Å²) in [5.74, 6) is -1.32. The van der Waals surface area contributed by atoms with E-state index in [-0.39, 0.29) is 5.56 Å². The van der Waals surface area contributed by atoms with E-state index in [1.807, 2.05) is 18.2 Å². The van der Waals surface area contributed by atoms with E-state index >= 15 is 0 Å². The summed E-state index contributed by atoms with van der Waals surface area (Å²) >= 11 is 0. The van der Waals surface area contributed by atoms with Crippen molar-refractivity contribution < 1.29 is 13.6 Å². The fourth-order valence-corrected chi connectivity index (χ4v) is 2.93. The van der Waals surface area contributed by atoms with Crippen molar-refractivity contribution in [2.24, 2.45) is 0 Å². The average molecular weight is 324 g/mol. The number of anilines is 1. The molecule has 0 radical (unpaired) electrons. The molecule has 1 N–H and O–H groups in total. The average Bonchev–Trinajstić information content (AvgIpc) is 3.39. The summed E-state index contributed by atoms with van der Waals surface area (Å²) in [6.07, 6.45) is 3.97. The molecule has 1 saturated carbocycles. The maximum Gasteiger partial charge on any atom is 0.259 e. The monoisotopic (exact) mass is 324 g/mol. The van der Waals surface area contributed by atoms with Crippen LogP contribution in [0.15, 0.2) is 48.7 Å². The summed E-state index contributed by atoms with van der Waals surface area (Å²) in [5.41, 5.74) is 1.03. The number of aromatic nitrogens is 1. The Bertz CT molecular complexity index is 951. The Kier molecular flexibility index (Phi) is 3.49. The van der Waals surface area contributed by atoms with E-state index in [0.29, 0.717) is 17.8 Å². The van der Waals surface area contributed by atoms with Crippen molar-refractivity contribution >= 4 is 22.5 Å². The number of fused-ring (bicyclic) bond motifs is 1. The van der Waals surface area contributed by atoms with Gasteiger partial charge < -0.3 is 5.32 Å². The highest BCUT2D eigenvalue weighted by atomic mass is 19.1. The minimum Gasteiger partial charge on any atom is -0.306 e. The van der Waals surface area contributed by atoms with Crippen LogP contribution in [0.25, 0.3) is 10.8 Å². The highest BCUT2D eigenvalue weighted by Crippen LogP contribution is 2.43. The predicted octanol–water partition coefficient (Wildman–Crippen LogP) is 4.64. The summed E-state index contributed by atoms with van der Waals surface area (Å²) in [7, 11) is 0. The lowest BCUT2D eigenvalue weighted by Crippen LogP contribution is -2.15. The van der Waals surface area contributed by atoms with Crippen molar-refractivity contribution in [3.8, 4) is 0 Å². The van der Waals surface area contributed by atoms with E-state index in [4.69, 9.17) is 0 Å². The zero-order valence-electron chi connectivity index (χ0n) is 12.7. The molecule has 24 heavy (non-hydrogen) atoms. The minimum absolute atomic E-state index is 0.214. The highest BCUT2D eigenvalue weighted by Gasteiger charge is 2.25. The quantitative estimate of drug-likeness (QED) is 0.762. The number of hydrogen-bond donors (Lipinski definition) is 1. The number of benzene rings is 2. The second kappa shape index (κ2) is 5.67. The molecule has 5 heteroatoms. The Morgan fingerprint density at radius 2 is 1.92 bits per heavy atom. The van der Waals surface area contributed by atoms with Gasteiger partial charge in [-0.1, -0.05) is 18.2 Å². The number of halogens is 2. The number of nitrogens with one attached hydrogen (secondary N) is 1. The first kappa shape index (κ1) is 14.8. The molecule has 1 aromatic heterocycles. The Balaban J connectivity index is 1.72. The largest absolute Gasteiger partial charge is 0.306 e. The van der Waals surface area contributed by atoms with Gasteiger partial charge in [-0.2, -0.15) is 0 Å². The molecule has 3 aromatic rings. The molecule has 4 rings (SSSR count). The van der Waals surface area contributed by atoms with E-state index in [1.54, 1.807) is 6.20 Å². The summed E-state index contributed by atoms with van der Waals surface area (Å²) in [6.45, 7) is 0. The van der Waals surface area contributed by atoms with Crippen LogP contribution in [0.3, 0.4) is 0 Å². The van der Waals surface area contributed by atoms with Gasteiger partial charge in [-0.15, -0.1) is 0 Å². The molecule has 1 aliphatic carbocycles. The van der Waals surface area contributed by atoms with Gasteiger partial charge >= 0.3 is 0 Å². The summed E-state index contributed by atoms with van der Waals surface area (Å²) in [4.78, 5) is 16.5. The van der Waals surface area contributed by atoms with Gasteiger partial charge in [0.05, 0.1) is 5.56 Å². The molecule has 0 unspecified atom stereocenters. The molecular formula is C19H14F2N2O.